The van der Waals surface area contributed by atoms with E-state index in [1.54, 1.807) is 0 Å². The number of hydrogen-bond donors (Lipinski definition) is 1. The minimum atomic E-state index is -0.314. The summed E-state index contributed by atoms with van der Waals surface area (Å²) in [5.41, 5.74) is 3.83. The van der Waals surface area contributed by atoms with Crippen LogP contribution in [0, 0.1) is 18.3 Å². The molecule has 1 aliphatic carbocycles. The third kappa shape index (κ3) is 1.69. The van der Waals surface area contributed by atoms with Gasteiger partial charge in [0.2, 0.25) is 0 Å². The highest BCUT2D eigenvalue weighted by Gasteiger charge is 2.40. The summed E-state index contributed by atoms with van der Waals surface area (Å²) in [6.45, 7) is 8.62. The minimum Gasteiger partial charge on any atom is -0.389 e. The summed E-state index contributed by atoms with van der Waals surface area (Å²) in [6.07, 6.45) is 1.70. The standard InChI is InChI=1S/C15H20O/c1-10-5-7-12(8-6-10)13-9-14(16)11(2)15(13,3)4/h5-9,11,14,16H,1-4H3. The molecule has 1 aliphatic rings. The lowest BCUT2D eigenvalue weighted by Gasteiger charge is -2.29. The van der Waals surface area contributed by atoms with E-state index < -0.39 is 0 Å². The maximum absolute atomic E-state index is 9.94. The van der Waals surface area contributed by atoms with Crippen molar-refractivity contribution in [3.05, 3.63) is 41.5 Å². The van der Waals surface area contributed by atoms with Crippen LogP contribution in [-0.4, -0.2) is 11.2 Å². The first-order chi connectivity index (χ1) is 7.43. The topological polar surface area (TPSA) is 20.2 Å². The Balaban J connectivity index is 2.42. The van der Waals surface area contributed by atoms with Crippen molar-refractivity contribution in [1.29, 1.82) is 0 Å². The Labute approximate surface area is 97.8 Å². The van der Waals surface area contributed by atoms with Gasteiger partial charge < -0.3 is 5.11 Å². The van der Waals surface area contributed by atoms with Gasteiger partial charge in [0.25, 0.3) is 0 Å². The summed E-state index contributed by atoms with van der Waals surface area (Å²) < 4.78 is 0. The summed E-state index contributed by atoms with van der Waals surface area (Å²) in [7, 11) is 0. The largest absolute Gasteiger partial charge is 0.389 e. The molecular formula is C15H20O. The molecule has 1 nitrogen and oxygen atoms in total. The Hall–Kier alpha value is -1.08. The van der Waals surface area contributed by atoms with Crippen molar-refractivity contribution in [3.8, 4) is 0 Å². The zero-order chi connectivity index (χ0) is 11.9. The second-order valence-electron chi connectivity index (χ2n) is 5.45. The van der Waals surface area contributed by atoms with E-state index in [0.29, 0.717) is 0 Å². The fourth-order valence-corrected chi connectivity index (χ4v) is 2.40. The van der Waals surface area contributed by atoms with E-state index >= 15 is 0 Å². The molecule has 1 heteroatoms. The van der Waals surface area contributed by atoms with Crippen molar-refractivity contribution in [2.24, 2.45) is 11.3 Å². The zero-order valence-electron chi connectivity index (χ0n) is 10.5. The Morgan fingerprint density at radius 1 is 1.12 bits per heavy atom. The van der Waals surface area contributed by atoms with E-state index in [0.717, 1.165) is 0 Å². The van der Waals surface area contributed by atoms with E-state index in [4.69, 9.17) is 0 Å². The Kier molecular flexibility index (Phi) is 2.67. The lowest BCUT2D eigenvalue weighted by molar-refractivity contribution is 0.126. The predicted molar refractivity (Wildman–Crippen MR) is 68.1 cm³/mol. The lowest BCUT2D eigenvalue weighted by atomic mass is 9.75. The van der Waals surface area contributed by atoms with Crippen molar-refractivity contribution in [2.75, 3.05) is 0 Å². The number of aliphatic hydroxyl groups excluding tert-OH is 1. The number of rotatable bonds is 1. The number of aryl methyl sites for hydroxylation is 1. The van der Waals surface area contributed by atoms with Gasteiger partial charge in [0.15, 0.2) is 0 Å². The fourth-order valence-electron chi connectivity index (χ4n) is 2.40. The van der Waals surface area contributed by atoms with Crippen LogP contribution >= 0.6 is 0 Å². The summed E-state index contributed by atoms with van der Waals surface area (Å²) >= 11 is 0. The predicted octanol–water partition coefficient (Wildman–Crippen LogP) is 3.42. The van der Waals surface area contributed by atoms with Gasteiger partial charge in [-0.3, -0.25) is 0 Å². The summed E-state index contributed by atoms with van der Waals surface area (Å²) in [5.74, 6) is 0.281. The molecule has 0 spiro atoms. The van der Waals surface area contributed by atoms with Crippen LogP contribution < -0.4 is 0 Å². The van der Waals surface area contributed by atoms with E-state index in [1.165, 1.54) is 16.7 Å². The molecule has 0 radical (unpaired) electrons. The molecule has 1 N–H and O–H groups in total. The average Bonchev–Trinajstić information content (AvgIpc) is 2.44. The van der Waals surface area contributed by atoms with Crippen LogP contribution in [0.3, 0.4) is 0 Å². The van der Waals surface area contributed by atoms with Gasteiger partial charge in [0, 0.05) is 0 Å². The highest BCUT2D eigenvalue weighted by molar-refractivity contribution is 5.73. The van der Waals surface area contributed by atoms with Gasteiger partial charge in [-0.2, -0.15) is 0 Å². The van der Waals surface area contributed by atoms with E-state index in [-0.39, 0.29) is 17.4 Å². The van der Waals surface area contributed by atoms with Gasteiger partial charge in [-0.25, -0.2) is 0 Å². The molecule has 2 unspecified atom stereocenters. The highest BCUT2D eigenvalue weighted by Crippen LogP contribution is 2.47. The normalized spacial score (nSPS) is 27.9. The first-order valence-electron chi connectivity index (χ1n) is 5.90. The molecule has 1 aromatic carbocycles. The van der Waals surface area contributed by atoms with Crippen LogP contribution in [-0.2, 0) is 0 Å². The molecule has 0 heterocycles. The van der Waals surface area contributed by atoms with Crippen LogP contribution in [0.2, 0.25) is 0 Å². The second kappa shape index (κ2) is 3.74. The Bertz CT molecular complexity index is 412. The number of aliphatic hydroxyl groups is 1. The van der Waals surface area contributed by atoms with E-state index in [9.17, 15) is 5.11 Å². The molecule has 0 saturated carbocycles. The van der Waals surface area contributed by atoms with Gasteiger partial charge in [-0.1, -0.05) is 56.7 Å². The molecule has 1 aromatic rings. The van der Waals surface area contributed by atoms with Gasteiger partial charge in [0.1, 0.15) is 0 Å². The Morgan fingerprint density at radius 3 is 2.12 bits per heavy atom. The second-order valence-corrected chi connectivity index (χ2v) is 5.45. The molecule has 86 valence electrons. The van der Waals surface area contributed by atoms with Gasteiger partial charge in [-0.05, 0) is 29.4 Å². The summed E-state index contributed by atoms with van der Waals surface area (Å²) in [5, 5.41) is 9.94. The first kappa shape index (κ1) is 11.4. The molecule has 0 saturated heterocycles. The van der Waals surface area contributed by atoms with Crippen molar-refractivity contribution < 1.29 is 5.11 Å². The number of benzene rings is 1. The van der Waals surface area contributed by atoms with Crippen LogP contribution in [0.5, 0.6) is 0 Å². The maximum atomic E-state index is 9.94. The zero-order valence-corrected chi connectivity index (χ0v) is 10.5. The van der Waals surface area contributed by atoms with E-state index in [1.807, 2.05) is 6.08 Å². The van der Waals surface area contributed by atoms with Gasteiger partial charge >= 0.3 is 0 Å². The molecule has 16 heavy (non-hydrogen) atoms. The van der Waals surface area contributed by atoms with Gasteiger partial charge in [-0.15, -0.1) is 0 Å². The minimum absolute atomic E-state index is 0.0503. The number of hydrogen-bond acceptors (Lipinski definition) is 1. The maximum Gasteiger partial charge on any atom is 0.0760 e. The van der Waals surface area contributed by atoms with Crippen molar-refractivity contribution in [1.82, 2.24) is 0 Å². The van der Waals surface area contributed by atoms with E-state index in [2.05, 4.69) is 52.0 Å². The SMILES string of the molecule is Cc1ccc(C2=CC(O)C(C)C2(C)C)cc1. The molecule has 2 atom stereocenters. The summed E-state index contributed by atoms with van der Waals surface area (Å²) in [4.78, 5) is 0. The monoisotopic (exact) mass is 216 g/mol. The molecule has 2 rings (SSSR count). The smallest absolute Gasteiger partial charge is 0.0760 e. The van der Waals surface area contributed by atoms with Crippen molar-refractivity contribution in [3.63, 3.8) is 0 Å². The lowest BCUT2D eigenvalue weighted by Crippen LogP contribution is -2.24. The van der Waals surface area contributed by atoms with Crippen LogP contribution in [0.25, 0.3) is 5.57 Å². The third-order valence-corrected chi connectivity index (χ3v) is 4.04. The summed E-state index contributed by atoms with van der Waals surface area (Å²) in [6, 6.07) is 8.55. The first-order valence-corrected chi connectivity index (χ1v) is 5.90. The van der Waals surface area contributed by atoms with Crippen LogP contribution in [0.15, 0.2) is 30.3 Å². The number of allylic oxidation sites excluding steroid dienone is 1. The average molecular weight is 216 g/mol. The highest BCUT2D eigenvalue weighted by atomic mass is 16.3. The quantitative estimate of drug-likeness (QED) is 0.762. The fraction of sp³-hybridized carbons (Fsp3) is 0.467. The molecule has 0 fully saturated rings. The molecule has 0 amide bonds. The molecule has 0 aliphatic heterocycles. The molecule has 0 bridgehead atoms. The van der Waals surface area contributed by atoms with Crippen LogP contribution in [0.4, 0.5) is 0 Å². The Morgan fingerprint density at radius 2 is 1.69 bits per heavy atom. The van der Waals surface area contributed by atoms with Crippen LogP contribution in [0.1, 0.15) is 31.9 Å². The molecular weight excluding hydrogens is 196 g/mol. The molecule has 0 aromatic heterocycles. The van der Waals surface area contributed by atoms with Crippen molar-refractivity contribution in [2.45, 2.75) is 33.8 Å². The third-order valence-electron chi connectivity index (χ3n) is 4.04. The van der Waals surface area contributed by atoms with Crippen molar-refractivity contribution >= 4 is 5.57 Å². The van der Waals surface area contributed by atoms with Gasteiger partial charge in [0.05, 0.1) is 6.10 Å².